The van der Waals surface area contributed by atoms with E-state index >= 15 is 0 Å². The molecule has 6 heteroatoms. The van der Waals surface area contributed by atoms with Gasteiger partial charge in [0.15, 0.2) is 0 Å². The maximum atomic E-state index is 10.8. The molecule has 0 bridgehead atoms. The number of aromatic carboxylic acids is 1. The van der Waals surface area contributed by atoms with Gasteiger partial charge in [-0.2, -0.15) is 15.0 Å². The molecule has 2 aromatic rings. The van der Waals surface area contributed by atoms with Crippen LogP contribution in [-0.4, -0.2) is 77.5 Å². The minimum absolute atomic E-state index is 0. The average Bonchev–Trinajstić information content (AvgIpc) is 2.70. The fourth-order valence-corrected chi connectivity index (χ4v) is 1.17. The van der Waals surface area contributed by atoms with Crippen molar-refractivity contribution in [2.75, 3.05) is 0 Å². The van der Waals surface area contributed by atoms with Crippen molar-refractivity contribution < 1.29 is 9.90 Å². The van der Waals surface area contributed by atoms with Crippen molar-refractivity contribution in [3.05, 3.63) is 42.2 Å². The van der Waals surface area contributed by atoms with Crippen LogP contribution in [-0.2, 0) is 0 Å². The standard InChI is InChI=1S/C9H7N3O2.K.H/c13-9(14)7-3-1-2-4-8(7)12-10-5-6-11-12;;/h1-6H,(H,13,14);;. The second-order valence-electron chi connectivity index (χ2n) is 2.64. The second-order valence-corrected chi connectivity index (χ2v) is 2.64. The van der Waals surface area contributed by atoms with Crippen LogP contribution in [0.1, 0.15) is 10.4 Å². The summed E-state index contributed by atoms with van der Waals surface area (Å²) < 4.78 is 0. The van der Waals surface area contributed by atoms with Crippen molar-refractivity contribution in [2.24, 2.45) is 0 Å². The first-order valence-electron chi connectivity index (χ1n) is 3.98. The van der Waals surface area contributed by atoms with Crippen LogP contribution in [0.5, 0.6) is 0 Å². The summed E-state index contributed by atoms with van der Waals surface area (Å²) in [5.41, 5.74) is 0.647. The molecule has 15 heavy (non-hydrogen) atoms. The van der Waals surface area contributed by atoms with Crippen LogP contribution in [0, 0.1) is 0 Å². The fraction of sp³-hybridized carbons (Fsp3) is 0. The fourth-order valence-electron chi connectivity index (χ4n) is 1.17. The summed E-state index contributed by atoms with van der Waals surface area (Å²) in [4.78, 5) is 12.1. The van der Waals surface area contributed by atoms with E-state index in [1.807, 2.05) is 0 Å². The SMILES string of the molecule is O=C(O)c1ccccc1-n1nccn1.[KH]. The number of carboxylic acid groups (broad SMARTS) is 1. The summed E-state index contributed by atoms with van der Waals surface area (Å²) in [6.45, 7) is 0. The van der Waals surface area contributed by atoms with Gasteiger partial charge in [0.25, 0.3) is 0 Å². The molecule has 72 valence electrons. The van der Waals surface area contributed by atoms with E-state index < -0.39 is 5.97 Å². The topological polar surface area (TPSA) is 68.0 Å². The minimum atomic E-state index is -0.988. The van der Waals surface area contributed by atoms with Crippen LogP contribution < -0.4 is 0 Å². The van der Waals surface area contributed by atoms with Crippen molar-refractivity contribution in [2.45, 2.75) is 0 Å². The maximum absolute atomic E-state index is 10.8. The Morgan fingerprint density at radius 2 is 1.80 bits per heavy atom. The van der Waals surface area contributed by atoms with Gasteiger partial charge in [0.1, 0.15) is 5.69 Å². The molecule has 2 rings (SSSR count). The Bertz CT molecular complexity index is 456. The van der Waals surface area contributed by atoms with Crippen molar-refractivity contribution in [3.63, 3.8) is 0 Å². The molecule has 1 N–H and O–H groups in total. The van der Waals surface area contributed by atoms with E-state index in [9.17, 15) is 4.79 Å². The Morgan fingerprint density at radius 1 is 1.20 bits per heavy atom. The Balaban J connectivity index is 0.00000112. The van der Waals surface area contributed by atoms with Crippen LogP contribution in [0.3, 0.4) is 0 Å². The first-order chi connectivity index (χ1) is 6.79. The predicted octanol–water partition coefficient (Wildman–Crippen LogP) is 0.317. The quantitative estimate of drug-likeness (QED) is 0.753. The van der Waals surface area contributed by atoms with E-state index in [-0.39, 0.29) is 56.9 Å². The van der Waals surface area contributed by atoms with Crippen molar-refractivity contribution in [3.8, 4) is 5.69 Å². The average molecular weight is 229 g/mol. The van der Waals surface area contributed by atoms with Crippen LogP contribution in [0.25, 0.3) is 5.69 Å². The normalized spacial score (nSPS) is 9.33. The Labute approximate surface area is 129 Å². The zero-order chi connectivity index (χ0) is 9.97. The molecule has 0 aliphatic rings. The van der Waals surface area contributed by atoms with Gasteiger partial charge < -0.3 is 5.11 Å². The van der Waals surface area contributed by atoms with Gasteiger partial charge in [-0.25, -0.2) is 4.79 Å². The molecule has 1 heterocycles. The molecule has 5 nitrogen and oxygen atoms in total. The zero-order valence-electron chi connectivity index (χ0n) is 7.16. The third kappa shape index (κ3) is 2.73. The van der Waals surface area contributed by atoms with E-state index in [0.717, 1.165) is 0 Å². The van der Waals surface area contributed by atoms with Crippen molar-refractivity contribution in [1.82, 2.24) is 15.0 Å². The summed E-state index contributed by atoms with van der Waals surface area (Å²) in [7, 11) is 0. The molecular formula is C9H8KN3O2. The van der Waals surface area contributed by atoms with Gasteiger partial charge in [-0.1, -0.05) is 12.1 Å². The number of carbonyl (C=O) groups is 1. The second kappa shape index (κ2) is 5.52. The van der Waals surface area contributed by atoms with E-state index in [1.54, 1.807) is 18.2 Å². The Kier molecular flexibility index (Phi) is 4.62. The Morgan fingerprint density at radius 3 is 2.40 bits per heavy atom. The van der Waals surface area contributed by atoms with Gasteiger partial charge >= 0.3 is 57.4 Å². The zero-order valence-corrected chi connectivity index (χ0v) is 7.16. The molecule has 1 aromatic carbocycles. The first kappa shape index (κ1) is 12.5. The molecule has 0 aliphatic carbocycles. The molecule has 0 aliphatic heterocycles. The predicted molar refractivity (Wildman–Crippen MR) is 55.5 cm³/mol. The van der Waals surface area contributed by atoms with Gasteiger partial charge in [-0.3, -0.25) is 0 Å². The molecule has 1 aromatic heterocycles. The van der Waals surface area contributed by atoms with Gasteiger partial charge in [0.05, 0.1) is 18.0 Å². The number of para-hydroxylation sites is 1. The van der Waals surface area contributed by atoms with E-state index in [2.05, 4.69) is 10.2 Å². The number of hydrogen-bond donors (Lipinski definition) is 1. The molecular weight excluding hydrogens is 221 g/mol. The van der Waals surface area contributed by atoms with Crippen LogP contribution in [0.2, 0.25) is 0 Å². The summed E-state index contributed by atoms with van der Waals surface area (Å²) >= 11 is 0. The molecule has 0 radical (unpaired) electrons. The Hall–Kier alpha value is -0.534. The summed E-state index contributed by atoms with van der Waals surface area (Å²) in [6.07, 6.45) is 3.00. The van der Waals surface area contributed by atoms with Crippen molar-refractivity contribution in [1.29, 1.82) is 0 Å². The molecule has 0 saturated carbocycles. The monoisotopic (exact) mass is 229 g/mol. The number of rotatable bonds is 2. The van der Waals surface area contributed by atoms with E-state index in [4.69, 9.17) is 5.11 Å². The van der Waals surface area contributed by atoms with Crippen LogP contribution >= 0.6 is 0 Å². The molecule has 0 atom stereocenters. The summed E-state index contributed by atoms with van der Waals surface area (Å²) in [5.74, 6) is -0.988. The third-order valence-electron chi connectivity index (χ3n) is 1.77. The molecule has 0 fully saturated rings. The van der Waals surface area contributed by atoms with E-state index in [0.29, 0.717) is 5.69 Å². The number of nitrogens with zero attached hydrogens (tertiary/aromatic N) is 3. The number of carboxylic acids is 1. The molecule has 0 saturated heterocycles. The number of aromatic nitrogens is 3. The molecule has 0 amide bonds. The van der Waals surface area contributed by atoms with Gasteiger partial charge in [0.2, 0.25) is 0 Å². The number of hydrogen-bond acceptors (Lipinski definition) is 3. The van der Waals surface area contributed by atoms with Crippen LogP contribution in [0.15, 0.2) is 36.7 Å². The third-order valence-corrected chi connectivity index (χ3v) is 1.77. The first-order valence-corrected chi connectivity index (χ1v) is 3.98. The van der Waals surface area contributed by atoms with Gasteiger partial charge in [-0.05, 0) is 12.1 Å². The van der Waals surface area contributed by atoms with Crippen molar-refractivity contribution >= 4 is 57.4 Å². The van der Waals surface area contributed by atoms with E-state index in [1.165, 1.54) is 23.3 Å². The van der Waals surface area contributed by atoms with Crippen LogP contribution in [0.4, 0.5) is 0 Å². The summed E-state index contributed by atoms with van der Waals surface area (Å²) in [5, 5.41) is 16.6. The number of benzene rings is 1. The molecule has 0 spiro atoms. The summed E-state index contributed by atoms with van der Waals surface area (Å²) in [6, 6.07) is 6.58. The van der Waals surface area contributed by atoms with Gasteiger partial charge in [0, 0.05) is 0 Å². The van der Waals surface area contributed by atoms with Gasteiger partial charge in [-0.15, -0.1) is 0 Å². The molecule has 0 unspecified atom stereocenters.